The first-order valence-electron chi connectivity index (χ1n) is 22.9. The van der Waals surface area contributed by atoms with Crippen LogP contribution in [0.5, 0.6) is 0 Å². The molecule has 0 bridgehead atoms. The van der Waals surface area contributed by atoms with Crippen molar-refractivity contribution >= 4 is 17.7 Å². The maximum Gasteiger partial charge on any atom is 0.222 e. The Morgan fingerprint density at radius 2 is 1.15 bits per heavy atom. The number of aliphatic hydroxyl groups is 10. The van der Waals surface area contributed by atoms with E-state index in [1.807, 2.05) is 0 Å². The van der Waals surface area contributed by atoms with Crippen LogP contribution in [0, 0.1) is 46.3 Å². The van der Waals surface area contributed by atoms with E-state index in [4.69, 9.17) is 10.2 Å². The molecule has 16 heteroatoms. The Kier molecular flexibility index (Phi) is 19.5. The lowest BCUT2D eigenvalue weighted by molar-refractivity contribution is -0.134. The lowest BCUT2D eigenvalue weighted by atomic mass is 9.44. The van der Waals surface area contributed by atoms with Crippen LogP contribution in [0.2, 0.25) is 0 Å². The summed E-state index contributed by atoms with van der Waals surface area (Å²) in [5.41, 5.74) is 0.767. The van der Waals surface area contributed by atoms with Crippen LogP contribution in [0.25, 0.3) is 0 Å². The Morgan fingerprint density at radius 1 is 0.633 bits per heavy atom. The topological polar surface area (TPSA) is 281 Å². The second-order valence-electron chi connectivity index (χ2n) is 19.4. The van der Waals surface area contributed by atoms with E-state index < -0.39 is 86.7 Å². The Labute approximate surface area is 356 Å². The molecule has 0 aromatic heterocycles. The smallest absolute Gasteiger partial charge is 0.222 e. The second-order valence-corrected chi connectivity index (χ2v) is 19.4. The number of nitrogens with one attached hydrogen (secondary N) is 2. The lowest BCUT2D eigenvalue weighted by Crippen LogP contribution is -2.53. The largest absolute Gasteiger partial charge is 0.394 e. The van der Waals surface area contributed by atoms with E-state index in [-0.39, 0.29) is 37.5 Å². The summed E-state index contributed by atoms with van der Waals surface area (Å²) >= 11 is 0. The molecule has 0 aromatic carbocycles. The van der Waals surface area contributed by atoms with E-state index in [1.165, 1.54) is 64.2 Å². The van der Waals surface area contributed by atoms with E-state index in [1.54, 1.807) is 4.90 Å². The summed E-state index contributed by atoms with van der Waals surface area (Å²) in [7, 11) is 0. The zero-order valence-electron chi connectivity index (χ0n) is 36.3. The van der Waals surface area contributed by atoms with Gasteiger partial charge in [0.2, 0.25) is 17.7 Å². The van der Waals surface area contributed by atoms with Crippen LogP contribution >= 0.6 is 0 Å². The van der Waals surface area contributed by atoms with E-state index in [0.717, 1.165) is 30.1 Å². The van der Waals surface area contributed by atoms with Crippen molar-refractivity contribution in [3.05, 3.63) is 0 Å². The second kappa shape index (κ2) is 23.1. The number of aliphatic hydroxyl groups excluding tert-OH is 10. The highest BCUT2D eigenvalue weighted by Crippen LogP contribution is 2.68. The molecule has 16 atom stereocenters. The van der Waals surface area contributed by atoms with E-state index >= 15 is 0 Å². The van der Waals surface area contributed by atoms with Crippen molar-refractivity contribution in [2.24, 2.45) is 46.3 Å². The van der Waals surface area contributed by atoms with E-state index in [2.05, 4.69) is 31.4 Å². The van der Waals surface area contributed by atoms with Gasteiger partial charge in [0.25, 0.3) is 0 Å². The Bertz CT molecular complexity index is 1310. The van der Waals surface area contributed by atoms with Gasteiger partial charge in [-0.15, -0.1) is 0 Å². The summed E-state index contributed by atoms with van der Waals surface area (Å²) in [6.45, 7) is 6.63. The summed E-state index contributed by atoms with van der Waals surface area (Å²) in [4.78, 5) is 40.6. The molecule has 4 saturated carbocycles. The molecule has 0 aromatic rings. The van der Waals surface area contributed by atoms with E-state index in [0.29, 0.717) is 36.5 Å². The van der Waals surface area contributed by atoms with Gasteiger partial charge in [0.1, 0.15) is 36.6 Å². The highest BCUT2D eigenvalue weighted by atomic mass is 16.4. The molecule has 0 radical (unpaired) electrons. The lowest BCUT2D eigenvalue weighted by Gasteiger charge is -2.61. The summed E-state index contributed by atoms with van der Waals surface area (Å²) in [6, 6.07) is 0. The summed E-state index contributed by atoms with van der Waals surface area (Å²) in [5, 5.41) is 102. The van der Waals surface area contributed by atoms with Gasteiger partial charge in [-0.05, 0) is 117 Å². The van der Waals surface area contributed by atoms with Crippen LogP contribution in [0.3, 0.4) is 0 Å². The number of carbonyl (C=O) groups is 3. The number of hydrogen-bond acceptors (Lipinski definition) is 13. The maximum atomic E-state index is 13.9. The van der Waals surface area contributed by atoms with Gasteiger partial charge in [-0.1, -0.05) is 33.6 Å². The molecular formula is C44H79N3O13. The minimum absolute atomic E-state index is 0.0450. The predicted molar refractivity (Wildman–Crippen MR) is 222 cm³/mol. The van der Waals surface area contributed by atoms with Gasteiger partial charge in [0.05, 0.1) is 38.3 Å². The fourth-order valence-electron chi connectivity index (χ4n) is 12.2. The monoisotopic (exact) mass is 858 g/mol. The fraction of sp³-hybridized carbons (Fsp3) is 0.932. The van der Waals surface area contributed by atoms with Crippen molar-refractivity contribution in [1.29, 1.82) is 0 Å². The minimum Gasteiger partial charge on any atom is -0.394 e. The van der Waals surface area contributed by atoms with Crippen LogP contribution in [0.15, 0.2) is 0 Å². The minimum atomic E-state index is -1.86. The summed E-state index contributed by atoms with van der Waals surface area (Å²) < 4.78 is 0. The molecule has 12 N–H and O–H groups in total. The van der Waals surface area contributed by atoms with Gasteiger partial charge in [0.15, 0.2) is 0 Å². The zero-order chi connectivity index (χ0) is 44.4. The van der Waals surface area contributed by atoms with Crippen molar-refractivity contribution in [1.82, 2.24) is 15.5 Å². The van der Waals surface area contributed by atoms with Gasteiger partial charge < -0.3 is 66.6 Å². The number of rotatable bonds is 24. The molecule has 3 amide bonds. The SMILES string of the molecule is CC(CCC(=O)N(CCCNC(=O)C[C@@H](O)[C@@H](O)[C@@H](O)[C@H](O)CO)CCCNC(=O)C[C@@H](O)[C@@H](O)[C@@H](O)[C@H](O)CO)C1CCC2C3CCC4CCCCC4(C)C3CCC12C. The molecule has 4 aliphatic carbocycles. The molecule has 348 valence electrons. The van der Waals surface area contributed by atoms with Gasteiger partial charge in [-0.2, -0.15) is 0 Å². The number of fused-ring (bicyclic) bond motifs is 5. The number of carbonyl (C=O) groups excluding carboxylic acids is 3. The number of hydrogen-bond donors (Lipinski definition) is 12. The van der Waals surface area contributed by atoms with Crippen LogP contribution < -0.4 is 10.6 Å². The Balaban J connectivity index is 1.30. The predicted octanol–water partition coefficient (Wildman–Crippen LogP) is -0.0551. The van der Waals surface area contributed by atoms with Crippen LogP contribution in [0.4, 0.5) is 0 Å². The first-order valence-corrected chi connectivity index (χ1v) is 22.9. The molecule has 4 fully saturated rings. The number of nitrogens with zero attached hydrogens (tertiary/aromatic N) is 1. The fourth-order valence-corrected chi connectivity index (χ4v) is 12.2. The molecule has 0 saturated heterocycles. The third-order valence-electron chi connectivity index (χ3n) is 15.8. The normalized spacial score (nSPS) is 32.1. The Morgan fingerprint density at radius 3 is 1.68 bits per heavy atom. The third-order valence-corrected chi connectivity index (χ3v) is 15.8. The van der Waals surface area contributed by atoms with E-state index in [9.17, 15) is 55.2 Å². The maximum absolute atomic E-state index is 13.9. The molecule has 0 aliphatic heterocycles. The van der Waals surface area contributed by atoms with Gasteiger partial charge >= 0.3 is 0 Å². The summed E-state index contributed by atoms with van der Waals surface area (Å²) in [5.74, 6) is 2.89. The molecule has 60 heavy (non-hydrogen) atoms. The zero-order valence-corrected chi connectivity index (χ0v) is 36.3. The average molecular weight is 858 g/mol. The molecule has 4 aliphatic rings. The van der Waals surface area contributed by atoms with Crippen molar-refractivity contribution in [2.75, 3.05) is 39.4 Å². The van der Waals surface area contributed by atoms with Gasteiger partial charge in [-0.3, -0.25) is 14.4 Å². The van der Waals surface area contributed by atoms with Crippen LogP contribution in [-0.4, -0.2) is 162 Å². The number of amides is 3. The molecule has 16 nitrogen and oxygen atoms in total. The molecule has 4 rings (SSSR count). The van der Waals surface area contributed by atoms with Crippen molar-refractivity contribution in [3.63, 3.8) is 0 Å². The highest BCUT2D eigenvalue weighted by molar-refractivity contribution is 5.77. The standard InChI is InChI=1S/C44H79N3O13/c1-26(29-12-13-30-28-11-10-27-8-4-5-16-43(27,2)31(28)15-17-44(29,30)3)9-14-38(56)47(20-6-18-45-36(54)22-32(50)39(57)41(59)34(52)24-48)21-7-19-46-37(55)23-33(51)40(58)42(60)35(53)25-49/h26-35,39-42,48-53,57-60H,4-25H2,1-3H3,(H,45,54)(H,46,55)/t26?,27?,28?,29?,30?,31?,32-,33-,34-,35-,39-,40-,41+,42+,43?,44?/m1/s1. The van der Waals surface area contributed by atoms with Gasteiger partial charge in [-0.25, -0.2) is 0 Å². The first-order chi connectivity index (χ1) is 28.4. The average Bonchev–Trinajstić information content (AvgIpc) is 3.59. The highest BCUT2D eigenvalue weighted by Gasteiger charge is 2.60. The molecular weight excluding hydrogens is 778 g/mol. The van der Waals surface area contributed by atoms with Crippen LogP contribution in [0.1, 0.15) is 124 Å². The molecule has 0 spiro atoms. The Hall–Kier alpha value is -1.99. The van der Waals surface area contributed by atoms with Crippen LogP contribution in [-0.2, 0) is 14.4 Å². The van der Waals surface area contributed by atoms with Crippen molar-refractivity contribution < 1.29 is 65.4 Å². The third kappa shape index (κ3) is 12.4. The molecule has 0 heterocycles. The van der Waals surface area contributed by atoms with Crippen molar-refractivity contribution in [3.8, 4) is 0 Å². The van der Waals surface area contributed by atoms with Crippen molar-refractivity contribution in [2.45, 2.75) is 172 Å². The summed E-state index contributed by atoms with van der Waals surface area (Å²) in [6.07, 6.45) is -0.181. The quantitative estimate of drug-likeness (QED) is 0.0568. The molecule has 8 unspecified atom stereocenters. The first kappa shape index (κ1) is 50.7. The van der Waals surface area contributed by atoms with Gasteiger partial charge in [0, 0.05) is 32.6 Å².